The van der Waals surface area contributed by atoms with Crippen LogP contribution in [-0.4, -0.2) is 18.8 Å². The molecule has 0 heterocycles. The molecule has 1 rings (SSSR count). The highest BCUT2D eigenvalue weighted by molar-refractivity contribution is 4.89. The summed E-state index contributed by atoms with van der Waals surface area (Å²) in [6.45, 7) is 12.5. The van der Waals surface area contributed by atoms with Gasteiger partial charge in [-0.05, 0) is 49.4 Å². The maximum Gasteiger partial charge on any atom is 0.0728 e. The zero-order valence-electron chi connectivity index (χ0n) is 13.7. The van der Waals surface area contributed by atoms with Crippen LogP contribution in [0.3, 0.4) is 0 Å². The van der Waals surface area contributed by atoms with Gasteiger partial charge in [0.25, 0.3) is 0 Å². The lowest BCUT2D eigenvalue weighted by molar-refractivity contribution is -0.0242. The first-order valence-electron chi connectivity index (χ1n) is 8.24. The third-order valence-corrected chi connectivity index (χ3v) is 5.12. The Bertz CT molecular complexity index is 250. The quantitative estimate of drug-likeness (QED) is 0.696. The number of ether oxygens (including phenoxy) is 1. The molecule has 0 radical (unpaired) electrons. The number of rotatable bonds is 7. The van der Waals surface area contributed by atoms with Crippen molar-refractivity contribution in [2.75, 3.05) is 6.61 Å². The first kappa shape index (κ1) is 17.0. The van der Waals surface area contributed by atoms with Crippen molar-refractivity contribution < 1.29 is 4.74 Å². The van der Waals surface area contributed by atoms with Gasteiger partial charge in [0.05, 0.1) is 6.10 Å². The lowest BCUT2D eigenvalue weighted by atomic mass is 9.68. The van der Waals surface area contributed by atoms with Crippen LogP contribution in [0.4, 0.5) is 0 Å². The van der Waals surface area contributed by atoms with Gasteiger partial charge in [-0.2, -0.15) is 0 Å². The van der Waals surface area contributed by atoms with Gasteiger partial charge in [0.15, 0.2) is 0 Å². The van der Waals surface area contributed by atoms with Crippen LogP contribution in [0.15, 0.2) is 0 Å². The zero-order chi connectivity index (χ0) is 14.5. The molecule has 2 nitrogen and oxygen atoms in total. The van der Waals surface area contributed by atoms with Crippen LogP contribution >= 0.6 is 0 Å². The van der Waals surface area contributed by atoms with Crippen molar-refractivity contribution in [1.82, 2.24) is 0 Å². The summed E-state index contributed by atoms with van der Waals surface area (Å²) in [5.74, 6) is 1.54. The largest absolute Gasteiger partial charge is 0.377 e. The molecule has 0 aromatic rings. The number of hydrogen-bond acceptors (Lipinski definition) is 2. The molecule has 0 saturated heterocycles. The van der Waals surface area contributed by atoms with E-state index in [0.29, 0.717) is 5.41 Å². The molecule has 2 N–H and O–H groups in total. The van der Waals surface area contributed by atoms with Gasteiger partial charge < -0.3 is 10.5 Å². The molecule has 0 aromatic heterocycles. The Morgan fingerprint density at radius 1 is 1.26 bits per heavy atom. The first-order valence-corrected chi connectivity index (χ1v) is 8.24. The fraction of sp³-hybridized carbons (Fsp3) is 1.00. The minimum atomic E-state index is 0.253. The van der Waals surface area contributed by atoms with Crippen molar-refractivity contribution in [3.8, 4) is 0 Å². The van der Waals surface area contributed by atoms with Crippen LogP contribution < -0.4 is 5.73 Å². The van der Waals surface area contributed by atoms with Gasteiger partial charge in [-0.15, -0.1) is 0 Å². The van der Waals surface area contributed by atoms with E-state index in [1.54, 1.807) is 0 Å². The topological polar surface area (TPSA) is 35.2 Å². The summed E-state index contributed by atoms with van der Waals surface area (Å²) in [4.78, 5) is 0. The van der Waals surface area contributed by atoms with Gasteiger partial charge in [0, 0.05) is 12.6 Å². The van der Waals surface area contributed by atoms with Crippen molar-refractivity contribution in [3.63, 3.8) is 0 Å². The summed E-state index contributed by atoms with van der Waals surface area (Å²) in [6.07, 6.45) is 7.51. The van der Waals surface area contributed by atoms with Crippen molar-refractivity contribution in [1.29, 1.82) is 0 Å². The molecule has 1 aliphatic rings. The molecule has 3 atom stereocenters. The number of hydrogen-bond donors (Lipinski definition) is 1. The van der Waals surface area contributed by atoms with Crippen molar-refractivity contribution in [3.05, 3.63) is 0 Å². The standard InChI is InChI=1S/C17H35NO/c1-6-17(4,5)14-9-10-15(18)16(12-14)19-11-7-8-13(2)3/h13-16H,6-12,18H2,1-5H3. The third kappa shape index (κ3) is 5.43. The molecular formula is C17H35NO. The highest BCUT2D eigenvalue weighted by Gasteiger charge is 2.36. The average molecular weight is 269 g/mol. The molecule has 1 saturated carbocycles. The minimum Gasteiger partial charge on any atom is -0.377 e. The van der Waals surface area contributed by atoms with Crippen LogP contribution in [0, 0.1) is 17.3 Å². The second-order valence-corrected chi connectivity index (χ2v) is 7.46. The second kappa shape index (κ2) is 7.64. The van der Waals surface area contributed by atoms with E-state index in [0.717, 1.165) is 31.3 Å². The van der Waals surface area contributed by atoms with Crippen LogP contribution in [0.25, 0.3) is 0 Å². The van der Waals surface area contributed by atoms with E-state index in [1.807, 2.05) is 0 Å². The Kier molecular flexibility index (Phi) is 6.82. The maximum atomic E-state index is 6.24. The molecule has 1 aliphatic carbocycles. The van der Waals surface area contributed by atoms with E-state index in [-0.39, 0.29) is 12.1 Å². The summed E-state index contributed by atoms with van der Waals surface area (Å²) < 4.78 is 6.09. The van der Waals surface area contributed by atoms with Gasteiger partial charge in [-0.1, -0.05) is 41.0 Å². The van der Waals surface area contributed by atoms with Gasteiger partial charge in [-0.25, -0.2) is 0 Å². The van der Waals surface area contributed by atoms with Crippen LogP contribution in [0.2, 0.25) is 0 Å². The maximum absolute atomic E-state index is 6.24. The van der Waals surface area contributed by atoms with Crippen molar-refractivity contribution in [2.45, 2.75) is 85.3 Å². The molecule has 0 spiro atoms. The molecular weight excluding hydrogens is 234 g/mol. The van der Waals surface area contributed by atoms with Gasteiger partial charge in [0.2, 0.25) is 0 Å². The molecule has 0 aromatic carbocycles. The van der Waals surface area contributed by atoms with Crippen LogP contribution in [0.1, 0.15) is 73.1 Å². The molecule has 2 heteroatoms. The Morgan fingerprint density at radius 3 is 2.53 bits per heavy atom. The lowest BCUT2D eigenvalue weighted by Crippen LogP contribution is -2.45. The van der Waals surface area contributed by atoms with Gasteiger partial charge in [-0.3, -0.25) is 0 Å². The third-order valence-electron chi connectivity index (χ3n) is 5.12. The highest BCUT2D eigenvalue weighted by Crippen LogP contribution is 2.40. The fourth-order valence-electron chi connectivity index (χ4n) is 3.07. The van der Waals surface area contributed by atoms with Crippen molar-refractivity contribution >= 4 is 0 Å². The molecule has 19 heavy (non-hydrogen) atoms. The van der Waals surface area contributed by atoms with E-state index in [9.17, 15) is 0 Å². The SMILES string of the molecule is CCC(C)(C)C1CCC(N)C(OCCCC(C)C)C1. The molecule has 1 fully saturated rings. The number of nitrogens with two attached hydrogens (primary N) is 1. The second-order valence-electron chi connectivity index (χ2n) is 7.46. The summed E-state index contributed by atoms with van der Waals surface area (Å²) in [5, 5.41) is 0. The Balaban J connectivity index is 2.39. The van der Waals surface area contributed by atoms with Crippen LogP contribution in [0.5, 0.6) is 0 Å². The Labute approximate surface area is 120 Å². The monoisotopic (exact) mass is 269 g/mol. The average Bonchev–Trinajstić information content (AvgIpc) is 2.36. The molecule has 3 unspecified atom stereocenters. The van der Waals surface area contributed by atoms with E-state index >= 15 is 0 Å². The van der Waals surface area contributed by atoms with Gasteiger partial charge in [0.1, 0.15) is 0 Å². The summed E-state index contributed by atoms with van der Waals surface area (Å²) in [5.41, 5.74) is 6.67. The Hall–Kier alpha value is -0.0800. The van der Waals surface area contributed by atoms with E-state index in [2.05, 4.69) is 34.6 Å². The summed E-state index contributed by atoms with van der Waals surface area (Å²) in [7, 11) is 0. The predicted octanol–water partition coefficient (Wildman–Crippen LogP) is 4.37. The predicted molar refractivity (Wildman–Crippen MR) is 83.2 cm³/mol. The van der Waals surface area contributed by atoms with Crippen LogP contribution in [-0.2, 0) is 4.74 Å². The highest BCUT2D eigenvalue weighted by atomic mass is 16.5. The summed E-state index contributed by atoms with van der Waals surface area (Å²) >= 11 is 0. The zero-order valence-corrected chi connectivity index (χ0v) is 13.7. The van der Waals surface area contributed by atoms with Gasteiger partial charge >= 0.3 is 0 Å². The summed E-state index contributed by atoms with van der Waals surface area (Å²) in [6, 6.07) is 0.253. The Morgan fingerprint density at radius 2 is 1.95 bits per heavy atom. The normalized spacial score (nSPS) is 28.9. The smallest absolute Gasteiger partial charge is 0.0728 e. The first-order chi connectivity index (χ1) is 8.86. The molecule has 0 amide bonds. The molecule has 114 valence electrons. The molecule has 0 bridgehead atoms. The fourth-order valence-corrected chi connectivity index (χ4v) is 3.07. The van der Waals surface area contributed by atoms with Crippen molar-refractivity contribution in [2.24, 2.45) is 23.0 Å². The lowest BCUT2D eigenvalue weighted by Gasteiger charge is -2.42. The van der Waals surface area contributed by atoms with E-state index in [1.165, 1.54) is 25.7 Å². The minimum absolute atomic E-state index is 0.253. The van der Waals surface area contributed by atoms with E-state index < -0.39 is 0 Å². The van der Waals surface area contributed by atoms with E-state index in [4.69, 9.17) is 10.5 Å². The molecule has 0 aliphatic heterocycles.